The zero-order valence-electron chi connectivity index (χ0n) is 17.6. The summed E-state index contributed by atoms with van der Waals surface area (Å²) in [5.74, 6) is 1.30. The molecule has 2 fully saturated rings. The van der Waals surface area contributed by atoms with Gasteiger partial charge in [-0.25, -0.2) is 9.97 Å². The zero-order valence-corrected chi connectivity index (χ0v) is 18.4. The van der Waals surface area contributed by atoms with E-state index in [1.165, 1.54) is 15.8 Å². The van der Waals surface area contributed by atoms with Gasteiger partial charge in [0.05, 0.1) is 18.6 Å². The second-order valence-corrected chi connectivity index (χ2v) is 9.45. The Hall–Kier alpha value is -1.77. The minimum absolute atomic E-state index is 0.0843. The number of fused-ring (bicyclic) bond motifs is 1. The smallest absolute Gasteiger partial charge is 0.223 e. The van der Waals surface area contributed by atoms with Crippen molar-refractivity contribution in [3.63, 3.8) is 0 Å². The first-order valence-electron chi connectivity index (χ1n) is 10.6. The van der Waals surface area contributed by atoms with Gasteiger partial charge in [-0.15, -0.1) is 11.3 Å². The maximum atomic E-state index is 12.8. The Morgan fingerprint density at radius 1 is 1.24 bits per heavy atom. The summed E-state index contributed by atoms with van der Waals surface area (Å²) in [6, 6.07) is 0.163. The summed E-state index contributed by atoms with van der Waals surface area (Å²) in [6.45, 7) is 12.5. The molecule has 2 aliphatic rings. The molecule has 0 aromatic carbocycles. The summed E-state index contributed by atoms with van der Waals surface area (Å²) in [7, 11) is 0. The number of rotatable bonds is 5. The average molecular weight is 418 g/mol. The van der Waals surface area contributed by atoms with Crippen LogP contribution in [0.2, 0.25) is 0 Å². The number of hydrogen-bond donors (Lipinski definition) is 1. The van der Waals surface area contributed by atoms with Crippen LogP contribution in [0.5, 0.6) is 0 Å². The van der Waals surface area contributed by atoms with Crippen LogP contribution in [-0.2, 0) is 9.53 Å². The Labute approximate surface area is 176 Å². The van der Waals surface area contributed by atoms with Gasteiger partial charge >= 0.3 is 0 Å². The monoisotopic (exact) mass is 417 g/mol. The third-order valence-corrected chi connectivity index (χ3v) is 7.25. The molecular weight excluding hydrogens is 386 g/mol. The Bertz CT molecular complexity index is 856. The lowest BCUT2D eigenvalue weighted by molar-refractivity contribution is -0.126. The molecule has 2 saturated heterocycles. The van der Waals surface area contributed by atoms with E-state index in [1.54, 1.807) is 17.7 Å². The van der Waals surface area contributed by atoms with Crippen LogP contribution >= 0.6 is 11.3 Å². The van der Waals surface area contributed by atoms with Crippen molar-refractivity contribution in [2.75, 3.05) is 50.8 Å². The van der Waals surface area contributed by atoms with Crippen molar-refractivity contribution >= 4 is 33.3 Å². The van der Waals surface area contributed by atoms with Gasteiger partial charge in [0.2, 0.25) is 5.91 Å². The largest absolute Gasteiger partial charge is 0.379 e. The first kappa shape index (κ1) is 20.5. The Kier molecular flexibility index (Phi) is 6.32. The number of piperidine rings is 1. The lowest BCUT2D eigenvalue weighted by Gasteiger charge is -2.34. The van der Waals surface area contributed by atoms with Crippen LogP contribution in [0.4, 0.5) is 5.82 Å². The summed E-state index contributed by atoms with van der Waals surface area (Å²) in [5, 5.41) is 4.41. The number of carbonyl (C=O) groups excluding carboxylic acids is 1. The third kappa shape index (κ3) is 4.54. The van der Waals surface area contributed by atoms with Crippen molar-refractivity contribution < 1.29 is 9.53 Å². The molecule has 0 saturated carbocycles. The van der Waals surface area contributed by atoms with Gasteiger partial charge in [-0.2, -0.15) is 0 Å². The molecule has 2 aromatic rings. The molecule has 1 amide bonds. The van der Waals surface area contributed by atoms with Gasteiger partial charge in [0.1, 0.15) is 17.0 Å². The molecule has 2 aromatic heterocycles. The van der Waals surface area contributed by atoms with Gasteiger partial charge in [-0.05, 0) is 39.2 Å². The molecule has 0 spiro atoms. The lowest BCUT2D eigenvalue weighted by atomic mass is 9.95. The molecular formula is C21H31N5O2S. The Balaban J connectivity index is 1.33. The number of nitrogens with zero attached hydrogens (tertiary/aromatic N) is 4. The highest BCUT2D eigenvalue weighted by Crippen LogP contribution is 2.35. The van der Waals surface area contributed by atoms with Crippen molar-refractivity contribution in [3.8, 4) is 0 Å². The fraction of sp³-hybridized carbons (Fsp3) is 0.667. The summed E-state index contributed by atoms with van der Waals surface area (Å²) >= 11 is 1.73. The molecule has 1 N–H and O–H groups in total. The van der Waals surface area contributed by atoms with Gasteiger partial charge in [0, 0.05) is 49.6 Å². The normalized spacial score (nSPS) is 20.2. The van der Waals surface area contributed by atoms with Crippen molar-refractivity contribution in [2.45, 2.75) is 39.7 Å². The van der Waals surface area contributed by atoms with Crippen molar-refractivity contribution in [2.24, 2.45) is 5.92 Å². The van der Waals surface area contributed by atoms with Gasteiger partial charge < -0.3 is 15.0 Å². The van der Waals surface area contributed by atoms with Gasteiger partial charge in [-0.1, -0.05) is 0 Å². The van der Waals surface area contributed by atoms with Crippen LogP contribution in [0, 0.1) is 19.8 Å². The molecule has 1 atom stereocenters. The fourth-order valence-corrected chi connectivity index (χ4v) is 5.33. The number of nitrogens with one attached hydrogen (secondary N) is 1. The number of anilines is 1. The Morgan fingerprint density at radius 3 is 2.69 bits per heavy atom. The molecule has 7 nitrogen and oxygen atoms in total. The first-order valence-corrected chi connectivity index (χ1v) is 11.4. The molecule has 2 aliphatic heterocycles. The number of morpholine rings is 1. The van der Waals surface area contributed by atoms with Crippen molar-refractivity contribution in [1.29, 1.82) is 0 Å². The van der Waals surface area contributed by atoms with E-state index in [1.807, 2.05) is 0 Å². The molecule has 4 heterocycles. The summed E-state index contributed by atoms with van der Waals surface area (Å²) in [4.78, 5) is 28.8. The number of hydrogen-bond acceptors (Lipinski definition) is 7. The van der Waals surface area contributed by atoms with E-state index in [0.29, 0.717) is 0 Å². The average Bonchev–Trinajstić information content (AvgIpc) is 3.02. The lowest BCUT2D eigenvalue weighted by Crippen LogP contribution is -2.48. The van der Waals surface area contributed by atoms with E-state index in [2.05, 4.69) is 45.9 Å². The highest BCUT2D eigenvalue weighted by atomic mass is 32.1. The van der Waals surface area contributed by atoms with E-state index < -0.39 is 0 Å². The quantitative estimate of drug-likeness (QED) is 0.805. The molecule has 8 heteroatoms. The number of aromatic nitrogens is 2. The van der Waals surface area contributed by atoms with Crippen LogP contribution in [0.1, 0.15) is 30.2 Å². The van der Waals surface area contributed by atoms with Gasteiger partial charge in [0.15, 0.2) is 0 Å². The first-order chi connectivity index (χ1) is 14.0. The molecule has 158 valence electrons. The number of carbonyl (C=O) groups is 1. The minimum atomic E-state index is 0.0843. The molecule has 0 unspecified atom stereocenters. The topological polar surface area (TPSA) is 70.6 Å². The Morgan fingerprint density at radius 2 is 1.97 bits per heavy atom. The number of thiophene rings is 1. The standard InChI is InChI=1S/C21H31N5O2S/c1-14(12-25-8-10-28-11-9-25)24-20(27)17-4-6-26(7-5-17)19-18-15(2)16(3)29-21(18)23-13-22-19/h13-14,17H,4-12H2,1-3H3,(H,24,27)/t14-/m0/s1. The van der Waals surface area contributed by atoms with E-state index in [9.17, 15) is 4.79 Å². The zero-order chi connectivity index (χ0) is 20.4. The van der Waals surface area contributed by atoms with Crippen LogP contribution in [0.25, 0.3) is 10.2 Å². The van der Waals surface area contributed by atoms with Crippen LogP contribution < -0.4 is 10.2 Å². The van der Waals surface area contributed by atoms with E-state index in [0.717, 1.165) is 69.4 Å². The predicted molar refractivity (Wildman–Crippen MR) is 117 cm³/mol. The molecule has 4 rings (SSSR count). The van der Waals surface area contributed by atoms with Crippen LogP contribution in [0.15, 0.2) is 6.33 Å². The van der Waals surface area contributed by atoms with Gasteiger partial charge in [0.25, 0.3) is 0 Å². The van der Waals surface area contributed by atoms with E-state index in [-0.39, 0.29) is 17.9 Å². The second kappa shape index (κ2) is 8.93. The fourth-order valence-electron chi connectivity index (χ4n) is 4.33. The minimum Gasteiger partial charge on any atom is -0.379 e. The highest BCUT2D eigenvalue weighted by molar-refractivity contribution is 7.18. The van der Waals surface area contributed by atoms with E-state index >= 15 is 0 Å². The van der Waals surface area contributed by atoms with E-state index in [4.69, 9.17) is 4.74 Å². The van der Waals surface area contributed by atoms with Crippen molar-refractivity contribution in [1.82, 2.24) is 20.2 Å². The van der Waals surface area contributed by atoms with Crippen LogP contribution in [0.3, 0.4) is 0 Å². The van der Waals surface area contributed by atoms with Gasteiger partial charge in [-0.3, -0.25) is 9.69 Å². The highest BCUT2D eigenvalue weighted by Gasteiger charge is 2.28. The third-order valence-electron chi connectivity index (χ3n) is 6.14. The van der Waals surface area contributed by atoms with Crippen LogP contribution in [-0.4, -0.2) is 72.8 Å². The summed E-state index contributed by atoms with van der Waals surface area (Å²) in [6.07, 6.45) is 3.40. The predicted octanol–water partition coefficient (Wildman–Crippen LogP) is 2.36. The second-order valence-electron chi connectivity index (χ2n) is 8.24. The number of aryl methyl sites for hydroxylation is 2. The maximum absolute atomic E-state index is 12.8. The molecule has 29 heavy (non-hydrogen) atoms. The number of ether oxygens (including phenoxy) is 1. The molecule has 0 radical (unpaired) electrons. The molecule has 0 aliphatic carbocycles. The maximum Gasteiger partial charge on any atom is 0.223 e. The molecule has 0 bridgehead atoms. The number of amides is 1. The SMILES string of the molecule is Cc1sc2ncnc(N3CCC(C(=O)N[C@@H](C)CN4CCOCC4)CC3)c2c1C. The summed E-state index contributed by atoms with van der Waals surface area (Å²) in [5.41, 5.74) is 1.28. The summed E-state index contributed by atoms with van der Waals surface area (Å²) < 4.78 is 5.40. The van der Waals surface area contributed by atoms with Crippen molar-refractivity contribution in [3.05, 3.63) is 16.8 Å².